The Morgan fingerprint density at radius 1 is 1.16 bits per heavy atom. The fourth-order valence-corrected chi connectivity index (χ4v) is 2.10. The second-order valence-electron chi connectivity index (χ2n) is 6.12. The third-order valence-electron chi connectivity index (χ3n) is 2.94. The van der Waals surface area contributed by atoms with Gasteiger partial charge >= 0.3 is 5.97 Å². The van der Waals surface area contributed by atoms with Crippen molar-refractivity contribution in [3.63, 3.8) is 0 Å². The molecule has 0 aliphatic heterocycles. The molecule has 0 aromatic heterocycles. The van der Waals surface area contributed by atoms with Crippen molar-refractivity contribution in [3.8, 4) is 0 Å². The van der Waals surface area contributed by atoms with Crippen molar-refractivity contribution in [2.24, 2.45) is 5.41 Å². The van der Waals surface area contributed by atoms with E-state index in [4.69, 9.17) is 0 Å². The molecule has 1 aromatic rings. The van der Waals surface area contributed by atoms with Gasteiger partial charge in [0, 0.05) is 12.8 Å². The van der Waals surface area contributed by atoms with Gasteiger partial charge in [-0.1, -0.05) is 51.1 Å². The molecular weight excluding hydrogens is 240 g/mol. The van der Waals surface area contributed by atoms with Gasteiger partial charge in [-0.15, -0.1) is 0 Å². The molecule has 3 heteroatoms. The van der Waals surface area contributed by atoms with Gasteiger partial charge in [-0.25, -0.2) is 0 Å². The number of hydrogen-bond donors (Lipinski definition) is 1. The Balaban J connectivity index is 2.62. The second-order valence-corrected chi connectivity index (χ2v) is 6.12. The van der Waals surface area contributed by atoms with Crippen LogP contribution < -0.4 is 0 Å². The van der Waals surface area contributed by atoms with Crippen molar-refractivity contribution in [1.82, 2.24) is 0 Å². The number of Topliss-reactive ketones (excluding diaryl/α,β-unsaturated/α-hetero) is 1. The SMILES string of the molecule is CC(C)(C)CC(=O)CCC(C(=O)O)c1ccccc1. The van der Waals surface area contributed by atoms with Crippen LogP contribution in [0.4, 0.5) is 0 Å². The van der Waals surface area contributed by atoms with Gasteiger partial charge < -0.3 is 5.11 Å². The zero-order valence-corrected chi connectivity index (χ0v) is 11.8. The van der Waals surface area contributed by atoms with Crippen LogP contribution in [-0.2, 0) is 9.59 Å². The normalized spacial score (nSPS) is 13.0. The molecule has 1 aromatic carbocycles. The summed E-state index contributed by atoms with van der Waals surface area (Å²) in [4.78, 5) is 23.1. The first-order valence-electron chi connectivity index (χ1n) is 6.59. The van der Waals surface area contributed by atoms with Gasteiger partial charge in [-0.05, 0) is 17.4 Å². The highest BCUT2D eigenvalue weighted by Crippen LogP contribution is 2.25. The van der Waals surface area contributed by atoms with Crippen LogP contribution in [0.2, 0.25) is 0 Å². The van der Waals surface area contributed by atoms with Crippen molar-refractivity contribution >= 4 is 11.8 Å². The number of carbonyl (C=O) groups excluding carboxylic acids is 1. The fraction of sp³-hybridized carbons (Fsp3) is 0.500. The minimum atomic E-state index is -0.866. The number of aliphatic carboxylic acids is 1. The summed E-state index contributed by atoms with van der Waals surface area (Å²) in [5.41, 5.74) is 0.723. The highest BCUT2D eigenvalue weighted by atomic mass is 16.4. The van der Waals surface area contributed by atoms with Crippen molar-refractivity contribution in [2.45, 2.75) is 46.0 Å². The summed E-state index contributed by atoms with van der Waals surface area (Å²) in [7, 11) is 0. The molecule has 19 heavy (non-hydrogen) atoms. The van der Waals surface area contributed by atoms with Gasteiger partial charge in [0.25, 0.3) is 0 Å². The molecule has 0 spiro atoms. The van der Waals surface area contributed by atoms with Gasteiger partial charge in [-0.3, -0.25) is 9.59 Å². The molecule has 104 valence electrons. The van der Waals surface area contributed by atoms with Crippen LogP contribution in [0.25, 0.3) is 0 Å². The van der Waals surface area contributed by atoms with Crippen LogP contribution in [0.5, 0.6) is 0 Å². The molecule has 0 amide bonds. The van der Waals surface area contributed by atoms with Crippen LogP contribution in [0.1, 0.15) is 51.5 Å². The molecule has 0 radical (unpaired) electrons. The van der Waals surface area contributed by atoms with Crippen LogP contribution in [-0.4, -0.2) is 16.9 Å². The average Bonchev–Trinajstić information content (AvgIpc) is 2.27. The van der Waals surface area contributed by atoms with Gasteiger partial charge in [-0.2, -0.15) is 0 Å². The Labute approximate surface area is 114 Å². The summed E-state index contributed by atoms with van der Waals surface area (Å²) in [6.45, 7) is 6.03. The van der Waals surface area contributed by atoms with Gasteiger partial charge in [0.15, 0.2) is 0 Å². The molecule has 1 N–H and O–H groups in total. The summed E-state index contributed by atoms with van der Waals surface area (Å²) in [5, 5.41) is 9.26. The Hall–Kier alpha value is -1.64. The molecule has 0 fully saturated rings. The molecule has 0 aliphatic rings. The van der Waals surface area contributed by atoms with Crippen molar-refractivity contribution < 1.29 is 14.7 Å². The summed E-state index contributed by atoms with van der Waals surface area (Å²) in [6, 6.07) is 9.09. The minimum absolute atomic E-state index is 0.0391. The summed E-state index contributed by atoms with van der Waals surface area (Å²) in [5.74, 6) is -1.32. The van der Waals surface area contributed by atoms with E-state index in [1.807, 2.05) is 39.0 Å². The zero-order chi connectivity index (χ0) is 14.5. The van der Waals surface area contributed by atoms with E-state index < -0.39 is 11.9 Å². The lowest BCUT2D eigenvalue weighted by Crippen LogP contribution is -2.16. The van der Waals surface area contributed by atoms with E-state index in [1.54, 1.807) is 12.1 Å². The van der Waals surface area contributed by atoms with Crippen LogP contribution in [0.3, 0.4) is 0 Å². The number of hydrogen-bond acceptors (Lipinski definition) is 2. The molecule has 0 saturated carbocycles. The Morgan fingerprint density at radius 3 is 2.21 bits per heavy atom. The average molecular weight is 262 g/mol. The molecule has 1 rings (SSSR count). The van der Waals surface area contributed by atoms with Crippen LogP contribution in [0, 0.1) is 5.41 Å². The van der Waals surface area contributed by atoms with E-state index in [0.717, 1.165) is 5.56 Å². The van der Waals surface area contributed by atoms with E-state index in [0.29, 0.717) is 19.3 Å². The van der Waals surface area contributed by atoms with E-state index in [1.165, 1.54) is 0 Å². The predicted molar refractivity (Wildman–Crippen MR) is 75.1 cm³/mol. The lowest BCUT2D eigenvalue weighted by molar-refractivity contribution is -0.139. The van der Waals surface area contributed by atoms with E-state index in [2.05, 4.69) is 0 Å². The maximum atomic E-state index is 11.8. The number of carbonyl (C=O) groups is 2. The maximum Gasteiger partial charge on any atom is 0.310 e. The van der Waals surface area contributed by atoms with Crippen molar-refractivity contribution in [1.29, 1.82) is 0 Å². The third kappa shape index (κ3) is 5.69. The Kier molecular flexibility index (Phi) is 5.28. The fourth-order valence-electron chi connectivity index (χ4n) is 2.10. The maximum absolute atomic E-state index is 11.8. The summed E-state index contributed by atoms with van der Waals surface area (Å²) >= 11 is 0. The first-order valence-corrected chi connectivity index (χ1v) is 6.59. The first-order chi connectivity index (χ1) is 8.79. The minimum Gasteiger partial charge on any atom is -0.481 e. The first kappa shape index (κ1) is 15.4. The largest absolute Gasteiger partial charge is 0.481 e. The quantitative estimate of drug-likeness (QED) is 0.851. The number of benzene rings is 1. The monoisotopic (exact) mass is 262 g/mol. The number of ketones is 1. The predicted octanol–water partition coefficient (Wildman–Crippen LogP) is 3.64. The number of rotatable bonds is 6. The van der Waals surface area contributed by atoms with E-state index in [-0.39, 0.29) is 11.2 Å². The molecule has 3 nitrogen and oxygen atoms in total. The lowest BCUT2D eigenvalue weighted by Gasteiger charge is -2.18. The van der Waals surface area contributed by atoms with Gasteiger partial charge in [0.1, 0.15) is 5.78 Å². The molecule has 1 unspecified atom stereocenters. The highest BCUT2D eigenvalue weighted by Gasteiger charge is 2.22. The smallest absolute Gasteiger partial charge is 0.310 e. The number of carboxylic acid groups (broad SMARTS) is 1. The Bertz CT molecular complexity index is 429. The molecule has 0 saturated heterocycles. The third-order valence-corrected chi connectivity index (χ3v) is 2.94. The topological polar surface area (TPSA) is 54.4 Å². The Morgan fingerprint density at radius 2 is 1.74 bits per heavy atom. The lowest BCUT2D eigenvalue weighted by atomic mass is 9.86. The zero-order valence-electron chi connectivity index (χ0n) is 11.8. The molecule has 0 aliphatic carbocycles. The highest BCUT2D eigenvalue weighted by molar-refractivity contribution is 5.81. The summed E-state index contributed by atoms with van der Waals surface area (Å²) < 4.78 is 0. The van der Waals surface area contributed by atoms with Crippen molar-refractivity contribution in [2.75, 3.05) is 0 Å². The van der Waals surface area contributed by atoms with Gasteiger partial charge in [0.05, 0.1) is 5.92 Å². The van der Waals surface area contributed by atoms with Crippen LogP contribution in [0.15, 0.2) is 30.3 Å². The van der Waals surface area contributed by atoms with Crippen molar-refractivity contribution in [3.05, 3.63) is 35.9 Å². The molecule has 0 heterocycles. The van der Waals surface area contributed by atoms with E-state index >= 15 is 0 Å². The molecular formula is C16H22O3. The van der Waals surface area contributed by atoms with E-state index in [9.17, 15) is 14.7 Å². The number of carboxylic acids is 1. The summed E-state index contributed by atoms with van der Waals surface area (Å²) in [6.07, 6.45) is 1.19. The van der Waals surface area contributed by atoms with Crippen LogP contribution >= 0.6 is 0 Å². The standard InChI is InChI=1S/C16H22O3/c1-16(2,3)11-13(17)9-10-14(15(18)19)12-7-5-4-6-8-12/h4-8,14H,9-11H2,1-3H3,(H,18,19). The van der Waals surface area contributed by atoms with Gasteiger partial charge in [0.2, 0.25) is 0 Å². The molecule has 0 bridgehead atoms. The second kappa shape index (κ2) is 6.50. The molecule has 1 atom stereocenters.